The molecule has 2 fully saturated rings. The summed E-state index contributed by atoms with van der Waals surface area (Å²) in [5, 5.41) is 16.7. The molecule has 1 aromatic heterocycles. The number of carbonyl (C=O) groups excluding carboxylic acids is 3. The zero-order chi connectivity index (χ0) is 26.9. The van der Waals surface area contributed by atoms with Gasteiger partial charge in [0.15, 0.2) is 5.16 Å². The first-order valence-corrected chi connectivity index (χ1v) is 14.3. The summed E-state index contributed by atoms with van der Waals surface area (Å²) in [6, 6.07) is 6.24. The lowest BCUT2D eigenvalue weighted by Crippen LogP contribution is -2.58. The maximum absolute atomic E-state index is 13.2. The number of thioether (sulfide) groups is 1. The standard InChI is InChI=1S/C26H34N8O4S/c1-38-24-19-7-18(11-30-24)25-33-34-20(12-31-26(34)39-25)17-5-14(8-27-10-17)9-28-21(35)13-29-22(36)15-3-2-4-16(6-15)23(37)32-19/h2-4,6,12,14,17-19,24-25,27,30,33H,5,7-11,13H2,1H3,(H,28,35)(H,29,36)(H,32,37). The fourth-order valence-corrected chi connectivity index (χ4v) is 7.08. The molecule has 1 aromatic carbocycles. The van der Waals surface area contributed by atoms with Crippen LogP contribution in [0.1, 0.15) is 45.2 Å². The lowest BCUT2D eigenvalue weighted by molar-refractivity contribution is -0.120. The smallest absolute Gasteiger partial charge is 0.251 e. The molecular formula is C26H34N8O4S. The van der Waals surface area contributed by atoms with Crippen LogP contribution in [0.4, 0.5) is 0 Å². The zero-order valence-electron chi connectivity index (χ0n) is 21.7. The number of imidazole rings is 1. The van der Waals surface area contributed by atoms with Gasteiger partial charge in [0, 0.05) is 49.7 Å². The molecule has 2 saturated heterocycles. The number of nitrogens with zero attached hydrogens (tertiary/aromatic N) is 2. The fraction of sp³-hybridized carbons (Fsp3) is 0.538. The van der Waals surface area contributed by atoms with Gasteiger partial charge in [-0.2, -0.15) is 0 Å². The van der Waals surface area contributed by atoms with Crippen molar-refractivity contribution in [3.63, 3.8) is 0 Å². The molecule has 4 aliphatic rings. The number of methoxy groups -OCH3 is 1. The van der Waals surface area contributed by atoms with Crippen LogP contribution in [0.3, 0.4) is 0 Å². The van der Waals surface area contributed by atoms with Crippen LogP contribution in [0.2, 0.25) is 0 Å². The number of nitrogens with one attached hydrogen (secondary N) is 6. The molecular weight excluding hydrogens is 520 g/mol. The summed E-state index contributed by atoms with van der Waals surface area (Å²) in [4.78, 5) is 43.2. The van der Waals surface area contributed by atoms with Gasteiger partial charge in [-0.05, 0) is 43.5 Å². The first-order chi connectivity index (χ1) is 19.0. The monoisotopic (exact) mass is 554 g/mol. The second kappa shape index (κ2) is 11.2. The molecule has 0 aliphatic carbocycles. The number of amides is 3. The van der Waals surface area contributed by atoms with Gasteiger partial charge in [0.1, 0.15) is 6.23 Å². The highest BCUT2D eigenvalue weighted by Crippen LogP contribution is 2.38. The molecule has 6 unspecified atom stereocenters. The van der Waals surface area contributed by atoms with Crippen molar-refractivity contribution in [1.82, 2.24) is 36.2 Å². The average Bonchev–Trinajstić information content (AvgIpc) is 3.56. The zero-order valence-corrected chi connectivity index (χ0v) is 22.6. The van der Waals surface area contributed by atoms with Crippen molar-refractivity contribution in [1.29, 1.82) is 0 Å². The highest BCUT2D eigenvalue weighted by Gasteiger charge is 2.40. The van der Waals surface area contributed by atoms with Crippen LogP contribution in [-0.4, -0.2) is 84.9 Å². The van der Waals surface area contributed by atoms with E-state index in [0.29, 0.717) is 24.1 Å². The summed E-state index contributed by atoms with van der Waals surface area (Å²) >= 11 is 1.71. The SMILES string of the molecule is COC1NCC2CC1NC(=O)c1cccc(c1)C(=O)NCC(=O)NCC1CNCC(C1)c1cnc3n1NC2S3. The molecule has 4 aliphatic heterocycles. The maximum Gasteiger partial charge on any atom is 0.251 e. The van der Waals surface area contributed by atoms with Crippen molar-refractivity contribution in [2.24, 2.45) is 11.8 Å². The Labute approximate surface area is 230 Å². The Morgan fingerprint density at radius 1 is 1.03 bits per heavy atom. The summed E-state index contributed by atoms with van der Waals surface area (Å²) in [6.45, 7) is 2.78. The average molecular weight is 555 g/mol. The van der Waals surface area contributed by atoms with Crippen molar-refractivity contribution >= 4 is 29.5 Å². The molecule has 0 spiro atoms. The summed E-state index contributed by atoms with van der Waals surface area (Å²) < 4.78 is 7.76. The number of hydrogen-bond donors (Lipinski definition) is 6. The lowest BCUT2D eigenvalue weighted by atomic mass is 9.88. The van der Waals surface area contributed by atoms with Crippen molar-refractivity contribution < 1.29 is 19.1 Å². The van der Waals surface area contributed by atoms with Crippen LogP contribution in [-0.2, 0) is 9.53 Å². The minimum absolute atomic E-state index is 0.0879. The summed E-state index contributed by atoms with van der Waals surface area (Å²) in [6.07, 6.45) is 3.24. The Morgan fingerprint density at radius 2 is 1.87 bits per heavy atom. The molecule has 208 valence electrons. The van der Waals surface area contributed by atoms with Gasteiger partial charge in [0.25, 0.3) is 11.8 Å². The molecule has 8 bridgehead atoms. The molecule has 0 saturated carbocycles. The molecule has 0 radical (unpaired) electrons. The van der Waals surface area contributed by atoms with Gasteiger partial charge in [-0.1, -0.05) is 17.8 Å². The van der Waals surface area contributed by atoms with Crippen molar-refractivity contribution in [2.45, 2.75) is 41.6 Å². The van der Waals surface area contributed by atoms with Gasteiger partial charge >= 0.3 is 0 Å². The van der Waals surface area contributed by atoms with Crippen LogP contribution in [0, 0.1) is 11.8 Å². The number of aromatic nitrogens is 2. The Balaban J connectivity index is 1.27. The van der Waals surface area contributed by atoms with Crippen LogP contribution in [0.5, 0.6) is 0 Å². The fourth-order valence-electron chi connectivity index (χ4n) is 5.92. The topological polar surface area (TPSA) is 150 Å². The summed E-state index contributed by atoms with van der Waals surface area (Å²) in [5.74, 6) is -0.220. The van der Waals surface area contributed by atoms with Gasteiger partial charge in [-0.15, -0.1) is 0 Å². The molecule has 2 aromatic rings. The molecule has 6 rings (SSSR count). The van der Waals surface area contributed by atoms with Gasteiger partial charge in [-0.25, -0.2) is 9.66 Å². The maximum atomic E-state index is 13.2. The summed E-state index contributed by atoms with van der Waals surface area (Å²) in [7, 11) is 1.63. The molecule has 12 nitrogen and oxygen atoms in total. The van der Waals surface area contributed by atoms with Crippen molar-refractivity contribution in [3.8, 4) is 0 Å². The summed E-state index contributed by atoms with van der Waals surface area (Å²) in [5.41, 5.74) is 5.48. The second-order valence-corrected chi connectivity index (χ2v) is 11.7. The van der Waals surface area contributed by atoms with Crippen molar-refractivity contribution in [3.05, 3.63) is 47.3 Å². The predicted octanol–water partition coefficient (Wildman–Crippen LogP) is -0.208. The predicted molar refractivity (Wildman–Crippen MR) is 145 cm³/mol. The number of ether oxygens (including phenoxy) is 1. The van der Waals surface area contributed by atoms with Crippen LogP contribution in [0.25, 0.3) is 0 Å². The van der Waals surface area contributed by atoms with E-state index < -0.39 is 5.91 Å². The Kier molecular flexibility index (Phi) is 7.47. The van der Waals surface area contributed by atoms with E-state index in [1.165, 1.54) is 0 Å². The molecule has 13 heteroatoms. The second-order valence-electron chi connectivity index (χ2n) is 10.6. The third-order valence-corrected chi connectivity index (χ3v) is 9.23. The Hall–Kier alpha value is -3.13. The van der Waals surface area contributed by atoms with E-state index in [9.17, 15) is 14.4 Å². The minimum atomic E-state index is -0.406. The minimum Gasteiger partial charge on any atom is -0.364 e. The van der Waals surface area contributed by atoms with Crippen LogP contribution in [0.15, 0.2) is 35.6 Å². The Morgan fingerprint density at radius 3 is 2.72 bits per heavy atom. The van der Waals surface area contributed by atoms with Gasteiger partial charge in [-0.3, -0.25) is 19.7 Å². The van der Waals surface area contributed by atoms with Crippen LogP contribution >= 0.6 is 11.8 Å². The molecule has 39 heavy (non-hydrogen) atoms. The van der Waals surface area contributed by atoms with E-state index >= 15 is 0 Å². The third-order valence-electron chi connectivity index (χ3n) is 7.99. The first-order valence-electron chi connectivity index (χ1n) is 13.4. The lowest BCUT2D eigenvalue weighted by Gasteiger charge is -2.38. The number of fused-ring (bicyclic) bond motifs is 9. The quantitative estimate of drug-likeness (QED) is 0.282. The van der Waals surface area contributed by atoms with Crippen LogP contribution < -0.4 is 32.0 Å². The van der Waals surface area contributed by atoms with Gasteiger partial charge in [0.05, 0.1) is 29.9 Å². The number of rotatable bonds is 1. The number of hydrogen-bond acceptors (Lipinski definition) is 9. The number of carbonyl (C=O) groups is 3. The highest BCUT2D eigenvalue weighted by atomic mass is 32.2. The van der Waals surface area contributed by atoms with E-state index in [0.717, 1.165) is 36.9 Å². The van der Waals surface area contributed by atoms with E-state index in [-0.39, 0.29) is 53.8 Å². The van der Waals surface area contributed by atoms with Gasteiger partial charge in [0.2, 0.25) is 5.91 Å². The van der Waals surface area contributed by atoms with E-state index in [1.54, 1.807) is 43.1 Å². The first kappa shape index (κ1) is 26.1. The largest absolute Gasteiger partial charge is 0.364 e. The molecule has 3 amide bonds. The van der Waals surface area contributed by atoms with E-state index in [1.807, 2.05) is 6.20 Å². The molecule has 6 N–H and O–H groups in total. The molecule has 6 atom stereocenters. The highest BCUT2D eigenvalue weighted by molar-refractivity contribution is 8.00. The van der Waals surface area contributed by atoms with E-state index in [4.69, 9.17) is 9.72 Å². The van der Waals surface area contributed by atoms with Gasteiger partial charge < -0.3 is 31.4 Å². The van der Waals surface area contributed by atoms with E-state index in [2.05, 4.69) is 36.7 Å². The Bertz CT molecular complexity index is 1250. The molecule has 5 heterocycles. The number of piperidine rings is 2. The third kappa shape index (κ3) is 5.49. The number of benzene rings is 1. The van der Waals surface area contributed by atoms with Crippen molar-refractivity contribution in [2.75, 3.05) is 45.3 Å². The normalized spacial score (nSPS) is 31.3.